The number of anilines is 2. The Bertz CT molecular complexity index is 3260. The molecule has 4 aromatic carbocycles. The van der Waals surface area contributed by atoms with Gasteiger partial charge in [-0.3, -0.25) is 0 Å². The molecular formula is C50H44N4O10. The molecule has 324 valence electrons. The van der Waals surface area contributed by atoms with Crippen LogP contribution in [0.2, 0.25) is 0 Å². The van der Waals surface area contributed by atoms with Crippen LogP contribution in [0.3, 0.4) is 0 Å². The fraction of sp³-hybridized carbons (Fsp3) is 0.160. The zero-order valence-electron chi connectivity index (χ0n) is 36.3. The zero-order chi connectivity index (χ0) is 46.3. The first kappa shape index (κ1) is 43.8. The lowest BCUT2D eigenvalue weighted by Gasteiger charge is -2.21. The van der Waals surface area contributed by atoms with Gasteiger partial charge in [-0.15, -0.1) is 0 Å². The lowest BCUT2D eigenvalue weighted by Crippen LogP contribution is -2.24. The lowest BCUT2D eigenvalue weighted by molar-refractivity contribution is -0.256. The van der Waals surface area contributed by atoms with Crippen molar-refractivity contribution in [1.82, 2.24) is 9.15 Å². The van der Waals surface area contributed by atoms with Crippen LogP contribution in [-0.2, 0) is 0 Å². The fourth-order valence-electron chi connectivity index (χ4n) is 7.64. The van der Waals surface area contributed by atoms with E-state index in [2.05, 4.69) is 0 Å². The first-order valence-electron chi connectivity index (χ1n) is 19.9. The second-order valence-electron chi connectivity index (χ2n) is 15.9. The van der Waals surface area contributed by atoms with Crippen LogP contribution in [0.25, 0.3) is 66.8 Å². The highest BCUT2D eigenvalue weighted by molar-refractivity contribution is 6.13. The number of carbonyl (C=O) groups is 4. The van der Waals surface area contributed by atoms with Gasteiger partial charge in [-0.05, 0) is 65.7 Å². The third-order valence-corrected chi connectivity index (χ3v) is 11.0. The van der Waals surface area contributed by atoms with Crippen LogP contribution >= 0.6 is 0 Å². The number of benzene rings is 6. The first-order valence-corrected chi connectivity index (χ1v) is 19.9. The molecule has 14 heteroatoms. The molecule has 0 amide bonds. The smallest absolute Gasteiger partial charge is 0.336 e. The van der Waals surface area contributed by atoms with Crippen molar-refractivity contribution in [2.24, 2.45) is 0 Å². The number of nitrogens with zero attached hydrogens (tertiary/aromatic N) is 4. The van der Waals surface area contributed by atoms with E-state index in [1.54, 1.807) is 0 Å². The average Bonchev–Trinajstić information content (AvgIpc) is 3.26. The molecule has 64 heavy (non-hydrogen) atoms. The molecule has 2 aliphatic carbocycles. The highest BCUT2D eigenvalue weighted by atomic mass is 16.4. The summed E-state index contributed by atoms with van der Waals surface area (Å²) in [5.74, 6) is -4.12. The van der Waals surface area contributed by atoms with E-state index in [1.165, 1.54) is 36.4 Å². The molecule has 4 aliphatic rings. The van der Waals surface area contributed by atoms with Crippen LogP contribution in [0, 0.1) is 0 Å². The number of carboxylic acids is 4. The summed E-state index contributed by atoms with van der Waals surface area (Å²) >= 11 is 0. The van der Waals surface area contributed by atoms with Gasteiger partial charge in [-0.1, -0.05) is 18.2 Å². The Morgan fingerprint density at radius 1 is 0.500 bits per heavy atom. The van der Waals surface area contributed by atoms with Crippen molar-refractivity contribution >= 4 is 57.2 Å². The van der Waals surface area contributed by atoms with E-state index in [9.17, 15) is 39.6 Å². The molecule has 0 unspecified atom stereocenters. The van der Waals surface area contributed by atoms with Crippen LogP contribution < -0.4 is 39.9 Å². The van der Waals surface area contributed by atoms with E-state index < -0.39 is 23.9 Å². The van der Waals surface area contributed by atoms with Gasteiger partial charge in [0.15, 0.2) is 0 Å². The quantitative estimate of drug-likeness (QED) is 0.158. The molecule has 2 N–H and O–H groups in total. The zero-order valence-corrected chi connectivity index (χ0v) is 36.3. The van der Waals surface area contributed by atoms with Gasteiger partial charge in [0.2, 0.25) is 10.7 Å². The van der Waals surface area contributed by atoms with E-state index in [1.807, 2.05) is 148 Å². The topological polar surface area (TPSA) is 194 Å². The maximum Gasteiger partial charge on any atom is 0.336 e. The number of rotatable bonds is 8. The maximum atomic E-state index is 12.1. The number of carboxylic acid groups (broad SMARTS) is 4. The molecule has 0 radical (unpaired) electrons. The van der Waals surface area contributed by atoms with E-state index in [0.717, 1.165) is 22.1 Å². The molecule has 8 rings (SSSR count). The minimum absolute atomic E-state index is 0.00262. The highest BCUT2D eigenvalue weighted by Crippen LogP contribution is 2.44. The monoisotopic (exact) mass is 860 g/mol. The normalized spacial score (nSPS) is 11.0. The standard InChI is InChI=1S/2C25H22N2O5/c1-26(2)15-6-9-18-21(12-15)32-22-13-16(27(3)4)7-10-19(22)23(18)20-11-14(24(28)29)5-8-17(20)25(30)31;1-26(2)14-8-10-16-20(12-14)32-21-13-15(27(3)4)9-11-17(21)22(16)23-18(24(28)29)6-5-7-19(23)25(30)31/h2*5-13H,1-4H3,(H-,28,29,30,31). The summed E-state index contributed by atoms with van der Waals surface area (Å²) in [5.41, 5.74) is 5.23. The summed E-state index contributed by atoms with van der Waals surface area (Å²) in [6.07, 6.45) is 0. The Balaban J connectivity index is 0.000000191. The van der Waals surface area contributed by atoms with Crippen LogP contribution in [0.15, 0.2) is 118 Å². The maximum absolute atomic E-state index is 12.1. The minimum atomic E-state index is -1.44. The van der Waals surface area contributed by atoms with Gasteiger partial charge >= 0.3 is 11.9 Å². The SMILES string of the molecule is CN(C)c1ccc2c(-c3c(C(=O)[O-])cccc3C(=O)O)c3ccc(=[N+](C)C)cc-3oc2c1.CN(C)c1ccc2c(-c3cc(C(=O)[O-])ccc3C(=O)O)c3ccc(=[N+](C)C)cc-3oc2c1. The van der Waals surface area contributed by atoms with E-state index in [4.69, 9.17) is 8.83 Å². The third-order valence-electron chi connectivity index (χ3n) is 11.0. The van der Waals surface area contributed by atoms with Crippen LogP contribution in [0.4, 0.5) is 11.4 Å². The van der Waals surface area contributed by atoms with E-state index in [-0.39, 0.29) is 27.8 Å². The first-order chi connectivity index (χ1) is 30.4. The third kappa shape index (κ3) is 8.23. The minimum Gasteiger partial charge on any atom is -0.545 e. The molecule has 0 bridgehead atoms. The second kappa shape index (κ2) is 17.2. The molecule has 2 heterocycles. The Labute approximate surface area is 367 Å². The van der Waals surface area contributed by atoms with Crippen molar-refractivity contribution in [2.45, 2.75) is 0 Å². The predicted octanol–water partition coefficient (Wildman–Crippen LogP) is 4.73. The number of hydrogen-bond donors (Lipinski definition) is 2. The van der Waals surface area contributed by atoms with Crippen LogP contribution in [-0.4, -0.2) is 90.5 Å². The van der Waals surface area contributed by atoms with E-state index in [0.29, 0.717) is 61.3 Å². The molecule has 14 nitrogen and oxygen atoms in total. The van der Waals surface area contributed by atoms with Gasteiger partial charge in [-0.2, -0.15) is 0 Å². The summed E-state index contributed by atoms with van der Waals surface area (Å²) in [4.78, 5) is 51.5. The Kier molecular flexibility index (Phi) is 11.8. The molecule has 0 saturated carbocycles. The van der Waals surface area contributed by atoms with Gasteiger partial charge in [0, 0.05) is 108 Å². The van der Waals surface area contributed by atoms with Gasteiger partial charge < -0.3 is 48.6 Å². The Hall–Kier alpha value is -8.26. The summed E-state index contributed by atoms with van der Waals surface area (Å²) in [5, 5.41) is 46.3. The molecule has 0 spiro atoms. The van der Waals surface area contributed by atoms with Gasteiger partial charge in [-0.25, -0.2) is 18.7 Å². The largest absolute Gasteiger partial charge is 0.545 e. The average molecular weight is 861 g/mol. The summed E-state index contributed by atoms with van der Waals surface area (Å²) in [6.45, 7) is 0. The highest BCUT2D eigenvalue weighted by Gasteiger charge is 2.26. The van der Waals surface area contributed by atoms with Crippen molar-refractivity contribution in [1.29, 1.82) is 0 Å². The van der Waals surface area contributed by atoms with Crippen molar-refractivity contribution < 1.29 is 48.4 Å². The molecule has 0 atom stereocenters. The Morgan fingerprint density at radius 3 is 1.44 bits per heavy atom. The molecule has 0 aromatic heterocycles. The number of carbonyl (C=O) groups excluding carboxylic acids is 2. The summed E-state index contributed by atoms with van der Waals surface area (Å²) in [6, 6.07) is 30.5. The molecule has 0 saturated heterocycles. The number of fused-ring (bicyclic) bond motifs is 4. The van der Waals surface area contributed by atoms with Crippen molar-refractivity contribution in [3.63, 3.8) is 0 Å². The Morgan fingerprint density at radius 2 is 0.984 bits per heavy atom. The number of hydrogen-bond acceptors (Lipinski definition) is 10. The van der Waals surface area contributed by atoms with Crippen molar-refractivity contribution in [2.75, 3.05) is 66.2 Å². The van der Waals surface area contributed by atoms with E-state index >= 15 is 0 Å². The van der Waals surface area contributed by atoms with Gasteiger partial charge in [0.25, 0.3) is 0 Å². The molecule has 4 aromatic rings. The fourth-order valence-corrected chi connectivity index (χ4v) is 7.64. The lowest BCUT2D eigenvalue weighted by atomic mass is 9.87. The molecule has 2 aliphatic heterocycles. The van der Waals surface area contributed by atoms with Crippen molar-refractivity contribution in [3.8, 4) is 44.9 Å². The van der Waals surface area contributed by atoms with Crippen LogP contribution in [0.5, 0.6) is 0 Å². The van der Waals surface area contributed by atoms with Crippen LogP contribution in [0.1, 0.15) is 41.4 Å². The second-order valence-corrected chi connectivity index (χ2v) is 15.9. The van der Waals surface area contributed by atoms with Gasteiger partial charge in [0.05, 0.1) is 35.2 Å². The predicted molar refractivity (Wildman–Crippen MR) is 242 cm³/mol. The molecular weight excluding hydrogens is 817 g/mol. The molecule has 0 fully saturated rings. The summed E-state index contributed by atoms with van der Waals surface area (Å²) in [7, 11) is 15.3. The number of aromatic carboxylic acids is 4. The summed E-state index contributed by atoms with van der Waals surface area (Å²) < 4.78 is 16.3. The van der Waals surface area contributed by atoms with Crippen molar-refractivity contribution in [3.05, 3.63) is 142 Å². The van der Waals surface area contributed by atoms with Gasteiger partial charge in [0.1, 0.15) is 50.9 Å².